The van der Waals surface area contributed by atoms with Gasteiger partial charge in [0.1, 0.15) is 0 Å². The molecular weight excluding hydrogens is 264 g/mol. The highest BCUT2D eigenvalue weighted by molar-refractivity contribution is 5.82. The fourth-order valence-electron chi connectivity index (χ4n) is 6.24. The number of aliphatic hydroxyl groups is 1. The molecule has 4 heteroatoms. The first-order chi connectivity index (χ1) is 10.0. The minimum atomic E-state index is -0.355. The fraction of sp³-hybridized carbons (Fsp3) is 0.941. The van der Waals surface area contributed by atoms with Gasteiger partial charge in [-0.25, -0.2) is 0 Å². The number of nitrogens with zero attached hydrogens (tertiary/aromatic N) is 1. The average molecular weight is 292 g/mol. The third-order valence-electron chi connectivity index (χ3n) is 6.52. The van der Waals surface area contributed by atoms with Gasteiger partial charge in [-0.05, 0) is 68.1 Å². The van der Waals surface area contributed by atoms with Crippen molar-refractivity contribution in [2.24, 2.45) is 23.2 Å². The van der Waals surface area contributed by atoms with Crippen molar-refractivity contribution in [2.45, 2.75) is 57.1 Å². The maximum atomic E-state index is 12.6. The Morgan fingerprint density at radius 2 is 1.71 bits per heavy atom. The summed E-state index contributed by atoms with van der Waals surface area (Å²) < 4.78 is 0. The van der Waals surface area contributed by atoms with E-state index in [0.29, 0.717) is 18.4 Å². The van der Waals surface area contributed by atoms with E-state index in [4.69, 9.17) is 0 Å². The Morgan fingerprint density at radius 3 is 2.19 bits per heavy atom. The third-order valence-corrected chi connectivity index (χ3v) is 6.52. The van der Waals surface area contributed by atoms with E-state index < -0.39 is 0 Å². The predicted molar refractivity (Wildman–Crippen MR) is 80.7 cm³/mol. The first kappa shape index (κ1) is 14.0. The maximum absolute atomic E-state index is 12.6. The van der Waals surface area contributed by atoms with Crippen LogP contribution in [0.2, 0.25) is 0 Å². The van der Waals surface area contributed by atoms with E-state index in [1.165, 1.54) is 38.5 Å². The van der Waals surface area contributed by atoms with Crippen molar-refractivity contribution in [1.29, 1.82) is 0 Å². The van der Waals surface area contributed by atoms with E-state index in [1.54, 1.807) is 0 Å². The second-order valence-corrected chi connectivity index (χ2v) is 8.46. The smallest absolute Gasteiger partial charge is 0.239 e. The van der Waals surface area contributed by atoms with Crippen molar-refractivity contribution in [1.82, 2.24) is 10.2 Å². The summed E-state index contributed by atoms with van der Waals surface area (Å²) in [6.07, 6.45) is 8.61. The average Bonchev–Trinajstić information content (AvgIpc) is 2.82. The molecule has 5 aliphatic rings. The molecule has 0 aromatic rings. The lowest BCUT2D eigenvalue weighted by Gasteiger charge is -2.57. The summed E-state index contributed by atoms with van der Waals surface area (Å²) in [6.45, 7) is 1.49. The van der Waals surface area contributed by atoms with E-state index in [9.17, 15) is 9.90 Å². The Labute approximate surface area is 127 Å². The number of hydrogen-bond acceptors (Lipinski definition) is 3. The molecule has 1 amide bonds. The van der Waals surface area contributed by atoms with Gasteiger partial charge in [-0.3, -0.25) is 4.79 Å². The van der Waals surface area contributed by atoms with Gasteiger partial charge in [0.2, 0.25) is 5.91 Å². The van der Waals surface area contributed by atoms with E-state index >= 15 is 0 Å². The van der Waals surface area contributed by atoms with Gasteiger partial charge >= 0.3 is 0 Å². The molecule has 4 nitrogen and oxygen atoms in total. The Morgan fingerprint density at radius 1 is 1.14 bits per heavy atom. The van der Waals surface area contributed by atoms with E-state index in [1.807, 2.05) is 11.9 Å². The number of carbonyl (C=O) groups is 1. The van der Waals surface area contributed by atoms with Crippen molar-refractivity contribution >= 4 is 5.91 Å². The zero-order valence-corrected chi connectivity index (χ0v) is 13.1. The Hall–Kier alpha value is -0.610. The third kappa shape index (κ3) is 2.50. The fourth-order valence-corrected chi connectivity index (χ4v) is 6.24. The number of rotatable bonds is 3. The second-order valence-electron chi connectivity index (χ2n) is 8.46. The van der Waals surface area contributed by atoms with Crippen LogP contribution in [0.25, 0.3) is 0 Å². The number of aliphatic hydroxyl groups excluding tert-OH is 1. The number of β-amino-alcohol motifs (C(OH)–C–C–N with tert-alkyl or cyclic N) is 1. The van der Waals surface area contributed by atoms with E-state index in [0.717, 1.165) is 24.3 Å². The summed E-state index contributed by atoms with van der Waals surface area (Å²) in [5, 5.41) is 12.8. The van der Waals surface area contributed by atoms with Crippen LogP contribution in [0.3, 0.4) is 0 Å². The predicted octanol–water partition coefficient (Wildman–Crippen LogP) is 1.38. The number of likely N-dealkylation sites (N-methyl/N-ethyl adjacent to an activating group) is 1. The van der Waals surface area contributed by atoms with Crippen LogP contribution in [-0.2, 0) is 4.79 Å². The number of hydrogen-bond donors (Lipinski definition) is 2. The molecule has 2 atom stereocenters. The lowest BCUT2D eigenvalue weighted by atomic mass is 9.49. The van der Waals surface area contributed by atoms with E-state index in [-0.39, 0.29) is 18.1 Å². The molecule has 2 unspecified atom stereocenters. The van der Waals surface area contributed by atoms with Gasteiger partial charge in [0, 0.05) is 20.1 Å². The van der Waals surface area contributed by atoms with Gasteiger partial charge in [0.25, 0.3) is 0 Å². The Balaban J connectivity index is 1.42. The van der Waals surface area contributed by atoms with Crippen LogP contribution >= 0.6 is 0 Å². The molecule has 4 bridgehead atoms. The van der Waals surface area contributed by atoms with Crippen molar-refractivity contribution in [3.63, 3.8) is 0 Å². The normalized spacial score (nSPS) is 47.8. The van der Waals surface area contributed by atoms with Crippen molar-refractivity contribution in [3.05, 3.63) is 0 Å². The molecule has 1 aliphatic heterocycles. The lowest BCUT2D eigenvalue weighted by molar-refractivity contribution is -0.137. The molecule has 0 radical (unpaired) electrons. The van der Waals surface area contributed by atoms with E-state index in [2.05, 4.69) is 5.32 Å². The summed E-state index contributed by atoms with van der Waals surface area (Å²) in [4.78, 5) is 14.5. The summed E-state index contributed by atoms with van der Waals surface area (Å²) in [7, 11) is 1.97. The maximum Gasteiger partial charge on any atom is 0.239 e. The van der Waals surface area contributed by atoms with Crippen LogP contribution in [0.4, 0.5) is 0 Å². The van der Waals surface area contributed by atoms with Crippen LogP contribution in [0.1, 0.15) is 44.9 Å². The minimum absolute atomic E-state index is 0.168. The zero-order chi connectivity index (χ0) is 14.6. The standard InChI is InChI=1S/C17H28N2O2/c1-19(16(21)15-5-14(20)9-18-15)10-17-6-11-2-12(7-17)4-13(3-11)8-17/h11-15,18,20H,2-10H2,1H3. The molecule has 1 saturated heterocycles. The second kappa shape index (κ2) is 4.95. The molecule has 1 heterocycles. The molecule has 0 aromatic heterocycles. The topological polar surface area (TPSA) is 52.6 Å². The van der Waals surface area contributed by atoms with Crippen molar-refractivity contribution in [3.8, 4) is 0 Å². The number of carbonyl (C=O) groups excluding carboxylic acids is 1. The van der Waals surface area contributed by atoms with Gasteiger partial charge in [0.15, 0.2) is 0 Å². The number of amides is 1. The van der Waals surface area contributed by atoms with Gasteiger partial charge < -0.3 is 15.3 Å². The quantitative estimate of drug-likeness (QED) is 0.826. The molecule has 21 heavy (non-hydrogen) atoms. The van der Waals surface area contributed by atoms with Crippen LogP contribution in [0.5, 0.6) is 0 Å². The molecule has 118 valence electrons. The highest BCUT2D eigenvalue weighted by Crippen LogP contribution is 2.60. The Kier molecular flexibility index (Phi) is 3.30. The summed E-state index contributed by atoms with van der Waals surface area (Å²) in [5.74, 6) is 2.99. The highest BCUT2D eigenvalue weighted by Gasteiger charge is 2.51. The zero-order valence-electron chi connectivity index (χ0n) is 13.1. The van der Waals surface area contributed by atoms with Gasteiger partial charge in [-0.2, -0.15) is 0 Å². The van der Waals surface area contributed by atoms with Gasteiger partial charge in [-0.15, -0.1) is 0 Å². The minimum Gasteiger partial charge on any atom is -0.392 e. The largest absolute Gasteiger partial charge is 0.392 e. The van der Waals surface area contributed by atoms with Crippen LogP contribution in [-0.4, -0.2) is 48.2 Å². The number of nitrogens with one attached hydrogen (secondary N) is 1. The first-order valence-electron chi connectivity index (χ1n) is 8.69. The first-order valence-corrected chi connectivity index (χ1v) is 8.69. The molecule has 2 N–H and O–H groups in total. The summed E-state index contributed by atoms with van der Waals surface area (Å²) in [6, 6.07) is -0.168. The lowest BCUT2D eigenvalue weighted by Crippen LogP contribution is -2.53. The molecule has 5 fully saturated rings. The SMILES string of the molecule is CN(CC12CC3CC(CC(C3)C1)C2)C(=O)C1CC(O)CN1. The van der Waals surface area contributed by atoms with Crippen LogP contribution in [0.15, 0.2) is 0 Å². The van der Waals surface area contributed by atoms with Crippen LogP contribution in [0, 0.1) is 23.2 Å². The highest BCUT2D eigenvalue weighted by atomic mass is 16.3. The van der Waals surface area contributed by atoms with Crippen molar-refractivity contribution < 1.29 is 9.90 Å². The molecule has 0 aromatic carbocycles. The Bertz CT molecular complexity index is 401. The summed E-state index contributed by atoms with van der Waals surface area (Å²) >= 11 is 0. The molecule has 0 spiro atoms. The van der Waals surface area contributed by atoms with Crippen LogP contribution < -0.4 is 5.32 Å². The monoisotopic (exact) mass is 292 g/mol. The van der Waals surface area contributed by atoms with Gasteiger partial charge in [-0.1, -0.05) is 0 Å². The summed E-state index contributed by atoms with van der Waals surface area (Å²) in [5.41, 5.74) is 0.413. The molecule has 4 aliphatic carbocycles. The molecule has 4 saturated carbocycles. The molecular formula is C17H28N2O2. The van der Waals surface area contributed by atoms with Crippen molar-refractivity contribution in [2.75, 3.05) is 20.1 Å². The van der Waals surface area contributed by atoms with Gasteiger partial charge in [0.05, 0.1) is 12.1 Å². The molecule has 5 rings (SSSR count).